The molecule has 0 saturated carbocycles. The number of piperazine rings is 1. The third-order valence-corrected chi connectivity index (χ3v) is 6.72. The Hall–Kier alpha value is -1.64. The van der Waals surface area contributed by atoms with Gasteiger partial charge in [-0.3, -0.25) is 4.68 Å². The van der Waals surface area contributed by atoms with Crippen LogP contribution in [0.4, 0.5) is 10.1 Å². The van der Waals surface area contributed by atoms with Crippen LogP contribution in [-0.2, 0) is 17.1 Å². The number of benzene rings is 1. The lowest BCUT2D eigenvalue weighted by Gasteiger charge is -2.35. The molecule has 1 fully saturated rings. The van der Waals surface area contributed by atoms with Gasteiger partial charge in [0.05, 0.1) is 5.69 Å². The predicted molar refractivity (Wildman–Crippen MR) is 90.3 cm³/mol. The number of sulfonamides is 1. The van der Waals surface area contributed by atoms with Gasteiger partial charge in [-0.15, -0.1) is 0 Å². The number of nitrogens with zero attached hydrogens (tertiary/aromatic N) is 4. The van der Waals surface area contributed by atoms with E-state index < -0.39 is 10.0 Å². The highest BCUT2D eigenvalue weighted by Crippen LogP contribution is 2.28. The van der Waals surface area contributed by atoms with Gasteiger partial charge in [0.1, 0.15) is 15.9 Å². The van der Waals surface area contributed by atoms with Crippen molar-refractivity contribution >= 4 is 27.3 Å². The lowest BCUT2D eigenvalue weighted by atomic mass is 10.2. The van der Waals surface area contributed by atoms with Crippen molar-refractivity contribution in [2.75, 3.05) is 31.1 Å². The van der Waals surface area contributed by atoms with Crippen molar-refractivity contribution in [1.29, 1.82) is 0 Å². The van der Waals surface area contributed by atoms with Crippen LogP contribution in [0.25, 0.3) is 0 Å². The molecular weight excluding hydrogens is 355 g/mol. The highest BCUT2D eigenvalue weighted by atomic mass is 35.5. The van der Waals surface area contributed by atoms with E-state index in [2.05, 4.69) is 5.10 Å². The average molecular weight is 373 g/mol. The van der Waals surface area contributed by atoms with E-state index in [4.69, 9.17) is 11.6 Å². The number of halogens is 2. The molecule has 1 aromatic carbocycles. The molecule has 0 bridgehead atoms. The van der Waals surface area contributed by atoms with E-state index in [-0.39, 0.29) is 15.9 Å². The van der Waals surface area contributed by atoms with Gasteiger partial charge in [-0.25, -0.2) is 12.8 Å². The first-order valence-electron chi connectivity index (χ1n) is 7.50. The molecule has 2 aromatic rings. The van der Waals surface area contributed by atoms with E-state index in [9.17, 15) is 12.8 Å². The van der Waals surface area contributed by atoms with E-state index in [0.29, 0.717) is 31.9 Å². The van der Waals surface area contributed by atoms with Crippen molar-refractivity contribution in [2.24, 2.45) is 7.05 Å². The van der Waals surface area contributed by atoms with E-state index in [1.807, 2.05) is 4.90 Å². The van der Waals surface area contributed by atoms with Gasteiger partial charge in [0.25, 0.3) is 0 Å². The number of hydrogen-bond donors (Lipinski definition) is 0. The smallest absolute Gasteiger partial charge is 0.248 e. The third-order valence-electron chi connectivity index (χ3n) is 4.13. The molecule has 6 nitrogen and oxygen atoms in total. The lowest BCUT2D eigenvalue weighted by molar-refractivity contribution is 0.384. The van der Waals surface area contributed by atoms with Crippen LogP contribution in [0.1, 0.15) is 5.69 Å². The first kappa shape index (κ1) is 17.2. The Morgan fingerprint density at radius 1 is 1.12 bits per heavy atom. The summed E-state index contributed by atoms with van der Waals surface area (Å²) >= 11 is 6.11. The van der Waals surface area contributed by atoms with Crippen LogP contribution in [0.2, 0.25) is 5.15 Å². The Morgan fingerprint density at radius 3 is 2.21 bits per heavy atom. The Balaban J connectivity index is 1.77. The second kappa shape index (κ2) is 6.34. The third kappa shape index (κ3) is 3.01. The topological polar surface area (TPSA) is 58.4 Å². The van der Waals surface area contributed by atoms with Crippen LogP contribution in [0.3, 0.4) is 0 Å². The van der Waals surface area contributed by atoms with Gasteiger partial charge in [0.15, 0.2) is 0 Å². The summed E-state index contributed by atoms with van der Waals surface area (Å²) in [5.41, 5.74) is 1.27. The van der Waals surface area contributed by atoms with Crippen molar-refractivity contribution in [3.63, 3.8) is 0 Å². The minimum absolute atomic E-state index is 0.0712. The van der Waals surface area contributed by atoms with Gasteiger partial charge < -0.3 is 4.90 Å². The fraction of sp³-hybridized carbons (Fsp3) is 0.400. The Labute approximate surface area is 145 Å². The predicted octanol–water partition coefficient (Wildman–Crippen LogP) is 2.03. The van der Waals surface area contributed by atoms with Gasteiger partial charge in [-0.05, 0) is 31.2 Å². The summed E-state index contributed by atoms with van der Waals surface area (Å²) in [7, 11) is -2.07. The van der Waals surface area contributed by atoms with Gasteiger partial charge in [0, 0.05) is 38.9 Å². The van der Waals surface area contributed by atoms with Crippen LogP contribution in [0.15, 0.2) is 29.2 Å². The molecule has 0 N–H and O–H groups in total. The van der Waals surface area contributed by atoms with Crippen LogP contribution in [-0.4, -0.2) is 48.7 Å². The molecule has 1 aromatic heterocycles. The normalized spacial score (nSPS) is 16.6. The first-order chi connectivity index (χ1) is 11.3. The van der Waals surface area contributed by atoms with E-state index in [0.717, 1.165) is 5.69 Å². The van der Waals surface area contributed by atoms with Crippen molar-refractivity contribution in [3.8, 4) is 0 Å². The van der Waals surface area contributed by atoms with Gasteiger partial charge in [-0.2, -0.15) is 9.40 Å². The molecule has 9 heteroatoms. The maximum absolute atomic E-state index is 13.0. The number of hydrogen-bond acceptors (Lipinski definition) is 4. The zero-order valence-electron chi connectivity index (χ0n) is 13.4. The van der Waals surface area contributed by atoms with Crippen LogP contribution in [0.5, 0.6) is 0 Å². The number of anilines is 1. The molecule has 0 radical (unpaired) electrons. The molecule has 130 valence electrons. The van der Waals surface area contributed by atoms with Crippen molar-refractivity contribution in [2.45, 2.75) is 11.8 Å². The van der Waals surface area contributed by atoms with Crippen LogP contribution < -0.4 is 4.90 Å². The van der Waals surface area contributed by atoms with E-state index >= 15 is 0 Å². The first-order valence-corrected chi connectivity index (χ1v) is 9.32. The Bertz CT molecular complexity index is 843. The molecule has 0 amide bonds. The molecule has 24 heavy (non-hydrogen) atoms. The van der Waals surface area contributed by atoms with E-state index in [1.165, 1.54) is 21.1 Å². The summed E-state index contributed by atoms with van der Waals surface area (Å²) in [5.74, 6) is -0.290. The molecule has 3 rings (SSSR count). The Morgan fingerprint density at radius 2 is 1.71 bits per heavy atom. The molecule has 2 heterocycles. The molecule has 0 aliphatic carbocycles. The second-order valence-corrected chi connectivity index (χ2v) is 7.93. The Kier molecular flexibility index (Phi) is 4.54. The monoisotopic (exact) mass is 372 g/mol. The molecule has 1 aliphatic rings. The van der Waals surface area contributed by atoms with Gasteiger partial charge >= 0.3 is 0 Å². The lowest BCUT2D eigenvalue weighted by Crippen LogP contribution is -2.48. The maximum Gasteiger partial charge on any atom is 0.248 e. The number of rotatable bonds is 3. The van der Waals surface area contributed by atoms with Crippen molar-refractivity contribution in [3.05, 3.63) is 40.9 Å². The molecular formula is C15H18ClFN4O2S. The zero-order chi connectivity index (χ0) is 17.5. The summed E-state index contributed by atoms with van der Waals surface area (Å²) in [6.07, 6.45) is 0. The standard InChI is InChI=1S/C15H18ClFN4O2S/c1-11-14(15(16)19(2)18-11)24(22,23)21-9-7-20(8-10-21)13-5-3-12(17)4-6-13/h3-6H,7-10H2,1-2H3. The van der Waals surface area contributed by atoms with Crippen LogP contribution in [0, 0.1) is 12.7 Å². The quantitative estimate of drug-likeness (QED) is 0.827. The molecule has 1 aliphatic heterocycles. The van der Waals surface area contributed by atoms with E-state index in [1.54, 1.807) is 26.1 Å². The van der Waals surface area contributed by atoms with Gasteiger partial charge in [0.2, 0.25) is 10.0 Å². The fourth-order valence-corrected chi connectivity index (χ4v) is 5.00. The summed E-state index contributed by atoms with van der Waals surface area (Å²) in [5, 5.41) is 4.19. The van der Waals surface area contributed by atoms with Crippen molar-refractivity contribution in [1.82, 2.24) is 14.1 Å². The average Bonchev–Trinajstić information content (AvgIpc) is 2.81. The summed E-state index contributed by atoms with van der Waals surface area (Å²) in [6, 6.07) is 6.19. The van der Waals surface area contributed by atoms with Crippen LogP contribution >= 0.6 is 11.6 Å². The summed E-state index contributed by atoms with van der Waals surface area (Å²) in [6.45, 7) is 3.37. The zero-order valence-corrected chi connectivity index (χ0v) is 15.0. The molecule has 0 unspecified atom stereocenters. The minimum atomic E-state index is -3.68. The molecule has 0 spiro atoms. The highest BCUT2D eigenvalue weighted by Gasteiger charge is 2.33. The van der Waals surface area contributed by atoms with Gasteiger partial charge in [-0.1, -0.05) is 11.6 Å². The fourth-order valence-electron chi connectivity index (χ4n) is 2.87. The number of aryl methyl sites for hydroxylation is 2. The summed E-state index contributed by atoms with van der Waals surface area (Å²) in [4.78, 5) is 2.10. The molecule has 0 atom stereocenters. The summed E-state index contributed by atoms with van der Waals surface area (Å²) < 4.78 is 41.5. The van der Waals surface area contributed by atoms with Crippen molar-refractivity contribution < 1.29 is 12.8 Å². The second-order valence-electron chi connectivity index (χ2n) is 5.70. The largest absolute Gasteiger partial charge is 0.369 e. The number of aromatic nitrogens is 2. The highest BCUT2D eigenvalue weighted by molar-refractivity contribution is 7.89. The minimum Gasteiger partial charge on any atom is -0.369 e. The SMILES string of the molecule is Cc1nn(C)c(Cl)c1S(=O)(=O)N1CCN(c2ccc(F)cc2)CC1. The molecule has 1 saturated heterocycles. The maximum atomic E-state index is 13.0.